The predicted molar refractivity (Wildman–Crippen MR) is 89.8 cm³/mol. The Labute approximate surface area is 127 Å². The molecule has 0 aliphatic carbocycles. The first kappa shape index (κ1) is 20.1. The number of hydrogen-bond donors (Lipinski definition) is 0. The average Bonchev–Trinajstić information content (AvgIpc) is 2.47. The van der Waals surface area contributed by atoms with Crippen LogP contribution in [0.4, 0.5) is 0 Å². The van der Waals surface area contributed by atoms with E-state index in [1.54, 1.807) is 0 Å². The monoisotopic (exact) mass is 303 g/mol. The summed E-state index contributed by atoms with van der Waals surface area (Å²) in [6.07, 6.45) is 12.4. The Morgan fingerprint density at radius 3 is 1.50 bits per heavy atom. The molecule has 0 heterocycles. The molecule has 0 spiro atoms. The van der Waals surface area contributed by atoms with Crippen molar-refractivity contribution in [2.75, 3.05) is 6.61 Å². The minimum absolute atomic E-state index is 0.0505. The summed E-state index contributed by atoms with van der Waals surface area (Å²) < 4.78 is 18.5. The van der Waals surface area contributed by atoms with Gasteiger partial charge in [0.25, 0.3) is 0 Å². The van der Waals surface area contributed by atoms with E-state index in [9.17, 15) is 4.57 Å². The molecule has 0 N–H and O–H groups in total. The minimum Gasteiger partial charge on any atom is -0.146 e. The molecule has 0 aromatic rings. The second-order valence-electron chi connectivity index (χ2n) is 5.98. The van der Waals surface area contributed by atoms with Gasteiger partial charge in [-0.2, -0.15) is 0 Å². The summed E-state index contributed by atoms with van der Waals surface area (Å²) >= 11 is 0. The van der Waals surface area contributed by atoms with E-state index in [1.165, 1.54) is 38.5 Å². The maximum absolute atomic E-state index is 12.8. The summed E-state index contributed by atoms with van der Waals surface area (Å²) in [5.74, 6) is 0. The molecule has 1 atom stereocenters. The van der Waals surface area contributed by atoms with Gasteiger partial charge in [-0.25, -0.2) is 0 Å². The highest BCUT2D eigenvalue weighted by molar-refractivity contribution is 7.41. The minimum atomic E-state index is -1.52. The lowest BCUT2D eigenvalue weighted by Crippen LogP contribution is -2.25. The highest BCUT2D eigenvalue weighted by Crippen LogP contribution is 2.50. The zero-order valence-corrected chi connectivity index (χ0v) is 15.1. The summed E-state index contributed by atoms with van der Waals surface area (Å²) in [5, 5.41) is -0.0505. The van der Waals surface area contributed by atoms with Crippen LogP contribution in [0.15, 0.2) is 0 Å². The molecular weight excluding hydrogens is 267 g/mol. The van der Waals surface area contributed by atoms with Gasteiger partial charge < -0.3 is 0 Å². The third-order valence-electron chi connectivity index (χ3n) is 4.08. The van der Waals surface area contributed by atoms with Gasteiger partial charge in [0.1, 0.15) is 6.61 Å². The number of rotatable bonds is 14. The van der Waals surface area contributed by atoms with E-state index in [2.05, 4.69) is 27.7 Å². The van der Waals surface area contributed by atoms with Crippen LogP contribution in [0.5, 0.6) is 0 Å². The smallest absolute Gasteiger partial charge is 0.146 e. The van der Waals surface area contributed by atoms with E-state index in [1.807, 2.05) is 0 Å². The van der Waals surface area contributed by atoms with Gasteiger partial charge in [-0.15, -0.1) is 4.52 Å². The Kier molecular flexibility index (Phi) is 12.8. The van der Waals surface area contributed by atoms with Crippen molar-refractivity contribution in [3.05, 3.63) is 0 Å². The van der Waals surface area contributed by atoms with Crippen molar-refractivity contribution in [2.24, 2.45) is 0 Å². The van der Waals surface area contributed by atoms with E-state index < -0.39 is 8.03 Å². The van der Waals surface area contributed by atoms with E-state index in [0.29, 0.717) is 6.61 Å². The Balaban J connectivity index is 4.76. The van der Waals surface area contributed by atoms with Crippen LogP contribution in [-0.4, -0.2) is 11.8 Å². The zero-order valence-electron chi connectivity index (χ0n) is 14.2. The van der Waals surface area contributed by atoms with Gasteiger partial charge >= 0.3 is 8.03 Å². The number of hydrogen-bond acceptors (Lipinski definition) is 2. The maximum Gasteiger partial charge on any atom is 0.514 e. The van der Waals surface area contributed by atoms with E-state index in [0.717, 1.165) is 32.1 Å². The van der Waals surface area contributed by atoms with Crippen molar-refractivity contribution < 1.29 is 9.09 Å². The molecule has 0 aliphatic rings. The molecule has 0 saturated heterocycles. The van der Waals surface area contributed by atoms with Crippen LogP contribution in [0.25, 0.3) is 0 Å². The van der Waals surface area contributed by atoms with Gasteiger partial charge in [0.2, 0.25) is 0 Å². The maximum atomic E-state index is 12.8. The molecule has 0 amide bonds. The lowest BCUT2D eigenvalue weighted by atomic mass is 9.90. The lowest BCUT2D eigenvalue weighted by molar-refractivity contribution is 0.282. The quantitative estimate of drug-likeness (QED) is 0.259. The first-order valence-corrected chi connectivity index (χ1v) is 9.94. The van der Waals surface area contributed by atoms with Crippen LogP contribution in [-0.2, 0) is 9.09 Å². The van der Waals surface area contributed by atoms with Gasteiger partial charge in [0, 0.05) is 0 Å². The molecule has 0 rings (SSSR count). The molecule has 20 heavy (non-hydrogen) atoms. The average molecular weight is 303 g/mol. The van der Waals surface area contributed by atoms with Crippen molar-refractivity contribution >= 4 is 8.03 Å². The summed E-state index contributed by atoms with van der Waals surface area (Å²) in [6, 6.07) is 0. The van der Waals surface area contributed by atoms with Crippen LogP contribution in [0.2, 0.25) is 0 Å². The van der Waals surface area contributed by atoms with Gasteiger partial charge in [0.05, 0.1) is 0 Å². The first-order valence-electron chi connectivity index (χ1n) is 8.77. The van der Waals surface area contributed by atoms with Crippen molar-refractivity contribution in [1.82, 2.24) is 0 Å². The highest BCUT2D eigenvalue weighted by Gasteiger charge is 2.49. The van der Waals surface area contributed by atoms with Gasteiger partial charge in [-0.1, -0.05) is 53.4 Å². The Morgan fingerprint density at radius 2 is 1.15 bits per heavy atom. The van der Waals surface area contributed by atoms with Crippen molar-refractivity contribution in [3.63, 3.8) is 0 Å². The second-order valence-corrected chi connectivity index (χ2v) is 7.70. The summed E-state index contributed by atoms with van der Waals surface area (Å²) in [6.45, 7) is 9.47. The van der Waals surface area contributed by atoms with Crippen LogP contribution in [0.1, 0.15) is 98.3 Å². The van der Waals surface area contributed by atoms with Gasteiger partial charge in [0.15, 0.2) is 5.16 Å². The largest absolute Gasteiger partial charge is 0.514 e. The van der Waals surface area contributed by atoms with Crippen molar-refractivity contribution in [3.8, 4) is 0 Å². The summed E-state index contributed by atoms with van der Waals surface area (Å²) in [5.41, 5.74) is 0. The molecule has 0 saturated carbocycles. The molecule has 0 aliphatic heterocycles. The normalized spacial score (nSPS) is 12.7. The lowest BCUT2D eigenvalue weighted by Gasteiger charge is -2.22. The van der Waals surface area contributed by atoms with Crippen LogP contribution in [0, 0.1) is 0 Å². The second kappa shape index (κ2) is 12.8. The molecular formula is C17H36O2P+. The molecule has 1 unspecified atom stereocenters. The third-order valence-corrected chi connectivity index (χ3v) is 5.94. The fourth-order valence-corrected chi connectivity index (χ4v) is 4.19. The standard InChI is InChI=1S/C17H36O2P/c1-5-9-13-17(14-10-6-2,15-11-7-3)20(18)19-16-12-8-4/h5-16H2,1-4H3/q+1. The number of unbranched alkanes of at least 4 members (excludes halogenated alkanes) is 4. The summed E-state index contributed by atoms with van der Waals surface area (Å²) in [7, 11) is -1.52. The predicted octanol–water partition coefficient (Wildman–Crippen LogP) is 6.85. The Bertz CT molecular complexity index is 219. The third kappa shape index (κ3) is 7.74. The van der Waals surface area contributed by atoms with Gasteiger partial charge in [-0.3, -0.25) is 0 Å². The molecule has 0 bridgehead atoms. The van der Waals surface area contributed by atoms with Crippen LogP contribution in [0.3, 0.4) is 0 Å². The SMILES string of the molecule is CCCCO[P+](=O)C(CCCC)(CCCC)CCCC. The van der Waals surface area contributed by atoms with E-state index in [-0.39, 0.29) is 5.16 Å². The Morgan fingerprint density at radius 1 is 0.750 bits per heavy atom. The Hall–Kier alpha value is 0.0600. The van der Waals surface area contributed by atoms with Crippen molar-refractivity contribution in [1.29, 1.82) is 0 Å². The van der Waals surface area contributed by atoms with Crippen LogP contribution < -0.4 is 0 Å². The fraction of sp³-hybridized carbons (Fsp3) is 1.00. The molecule has 120 valence electrons. The molecule has 0 aromatic heterocycles. The van der Waals surface area contributed by atoms with Crippen LogP contribution >= 0.6 is 8.03 Å². The van der Waals surface area contributed by atoms with E-state index >= 15 is 0 Å². The van der Waals surface area contributed by atoms with Gasteiger partial charge in [-0.05, 0) is 49.5 Å². The topological polar surface area (TPSA) is 26.3 Å². The zero-order chi connectivity index (χ0) is 15.3. The van der Waals surface area contributed by atoms with Crippen molar-refractivity contribution in [2.45, 2.75) is 103 Å². The van der Waals surface area contributed by atoms with E-state index in [4.69, 9.17) is 4.52 Å². The molecule has 3 heteroatoms. The highest BCUT2D eigenvalue weighted by atomic mass is 31.1. The molecule has 0 aromatic carbocycles. The molecule has 0 radical (unpaired) electrons. The fourth-order valence-electron chi connectivity index (χ4n) is 2.60. The molecule has 0 fully saturated rings. The summed E-state index contributed by atoms with van der Waals surface area (Å²) in [4.78, 5) is 0. The first-order chi connectivity index (χ1) is 9.66. The molecule has 2 nitrogen and oxygen atoms in total.